The second-order valence-corrected chi connectivity index (χ2v) is 13.6. The van der Waals surface area contributed by atoms with Crippen molar-refractivity contribution in [2.45, 2.75) is 89.2 Å². The number of likely N-dealkylation sites (N-methyl/N-ethyl adjacent to an activating group) is 1. The normalized spacial score (nSPS) is 22.0. The fraction of sp³-hybridized carbons (Fsp3) is 0.500. The summed E-state index contributed by atoms with van der Waals surface area (Å²) in [6, 6.07) is 10.3. The minimum absolute atomic E-state index is 0.0712. The van der Waals surface area contributed by atoms with Crippen LogP contribution in [0.25, 0.3) is 10.9 Å². The molecule has 2 aliphatic rings. The summed E-state index contributed by atoms with van der Waals surface area (Å²) in [7, 11) is -3.88. The minimum atomic E-state index is -3.88. The Labute approximate surface area is 228 Å². The molecule has 1 aromatic heterocycles. The standard InChI is InChI=1S/C32H42N2O3S/c1-9-32-27-12-11-13-28-30(27)24(18-29(32)33(10-2)14-15-37-32)19-34(28)38(35,36)31-25(21(5)6)16-23(20(3)4)17-26(31)22(7)8/h9,11-13,16-17,19-22,29H,1,10,14-15,18H2,2-8H3/t29-,32-/m1/s1. The molecule has 38 heavy (non-hydrogen) atoms. The topological polar surface area (TPSA) is 51.5 Å². The van der Waals surface area contributed by atoms with Crippen molar-refractivity contribution in [1.82, 2.24) is 8.87 Å². The van der Waals surface area contributed by atoms with Gasteiger partial charge >= 0.3 is 0 Å². The van der Waals surface area contributed by atoms with Gasteiger partial charge in [0, 0.05) is 18.1 Å². The number of hydrogen-bond donors (Lipinski definition) is 0. The first kappa shape index (κ1) is 27.2. The van der Waals surface area contributed by atoms with Crippen LogP contribution in [-0.2, 0) is 26.8 Å². The second-order valence-electron chi connectivity index (χ2n) is 11.8. The molecule has 0 saturated carbocycles. The summed E-state index contributed by atoms with van der Waals surface area (Å²) in [6.07, 6.45) is 4.53. The molecule has 5 nitrogen and oxygen atoms in total. The number of morpholine rings is 1. The van der Waals surface area contributed by atoms with Crippen molar-refractivity contribution in [3.05, 3.63) is 77.0 Å². The van der Waals surface area contributed by atoms with E-state index in [1.54, 1.807) is 3.97 Å². The summed E-state index contributed by atoms with van der Waals surface area (Å²) >= 11 is 0. The summed E-state index contributed by atoms with van der Waals surface area (Å²) in [5.74, 6) is 0.459. The van der Waals surface area contributed by atoms with Crippen LogP contribution < -0.4 is 0 Å². The SMILES string of the molecule is C=C[C@]12OCCN(CC)[C@@H]1Cc1cn(S(=O)(=O)c3c(C(C)C)cc(C(C)C)cc3C(C)C)c3cccc2c13. The van der Waals surface area contributed by atoms with Gasteiger partial charge in [0.2, 0.25) is 0 Å². The van der Waals surface area contributed by atoms with Crippen LogP contribution in [0.15, 0.2) is 54.1 Å². The van der Waals surface area contributed by atoms with Crippen molar-refractivity contribution >= 4 is 20.9 Å². The molecule has 2 atom stereocenters. The molecule has 0 spiro atoms. The summed E-state index contributed by atoms with van der Waals surface area (Å²) in [6.45, 7) is 21.4. The van der Waals surface area contributed by atoms with Gasteiger partial charge in [-0.1, -0.05) is 85.4 Å². The van der Waals surface area contributed by atoms with E-state index in [-0.39, 0.29) is 17.9 Å². The molecule has 0 radical (unpaired) electrons. The molecule has 2 heterocycles. The maximum Gasteiger partial charge on any atom is 0.268 e. The molecule has 1 fully saturated rings. The average molecular weight is 535 g/mol. The van der Waals surface area contributed by atoms with E-state index in [4.69, 9.17) is 4.74 Å². The quantitative estimate of drug-likeness (QED) is 0.309. The second kappa shape index (κ2) is 9.65. The van der Waals surface area contributed by atoms with Gasteiger partial charge in [-0.3, -0.25) is 4.90 Å². The molecule has 1 aliphatic heterocycles. The third kappa shape index (κ3) is 3.90. The number of fused-ring (bicyclic) bond motifs is 2. The predicted octanol–water partition coefficient (Wildman–Crippen LogP) is 6.91. The smallest absolute Gasteiger partial charge is 0.268 e. The zero-order valence-corrected chi connectivity index (χ0v) is 24.7. The number of rotatable bonds is 7. The minimum Gasteiger partial charge on any atom is -0.363 e. The monoisotopic (exact) mass is 534 g/mol. The maximum atomic E-state index is 14.7. The highest BCUT2D eigenvalue weighted by atomic mass is 32.2. The first-order chi connectivity index (χ1) is 18.0. The van der Waals surface area contributed by atoms with Crippen LogP contribution in [0.1, 0.15) is 94.0 Å². The third-order valence-electron chi connectivity index (χ3n) is 8.67. The van der Waals surface area contributed by atoms with Crippen molar-refractivity contribution in [2.75, 3.05) is 19.7 Å². The number of aromatic nitrogens is 1. The van der Waals surface area contributed by atoms with E-state index in [0.29, 0.717) is 22.9 Å². The lowest BCUT2D eigenvalue weighted by Gasteiger charge is -2.50. The van der Waals surface area contributed by atoms with Crippen LogP contribution in [0.3, 0.4) is 0 Å². The van der Waals surface area contributed by atoms with Gasteiger partial charge in [-0.25, -0.2) is 12.4 Å². The Hall–Kier alpha value is -2.41. The van der Waals surface area contributed by atoms with Crippen LogP contribution >= 0.6 is 0 Å². The highest BCUT2D eigenvalue weighted by molar-refractivity contribution is 7.90. The Bertz CT molecular complexity index is 1470. The summed E-state index contributed by atoms with van der Waals surface area (Å²) in [5, 5.41) is 0.987. The van der Waals surface area contributed by atoms with Crippen LogP contribution in [0.5, 0.6) is 0 Å². The molecule has 204 valence electrons. The summed E-state index contributed by atoms with van der Waals surface area (Å²) in [5.41, 5.74) is 5.11. The van der Waals surface area contributed by atoms with Crippen LogP contribution in [0.4, 0.5) is 0 Å². The fourth-order valence-corrected chi connectivity index (χ4v) is 8.65. The molecule has 1 aliphatic carbocycles. The van der Waals surface area contributed by atoms with E-state index in [0.717, 1.165) is 47.2 Å². The van der Waals surface area contributed by atoms with Crippen LogP contribution in [0.2, 0.25) is 0 Å². The molecule has 3 aromatic rings. The van der Waals surface area contributed by atoms with Gasteiger partial charge in [0.25, 0.3) is 10.0 Å². The Morgan fingerprint density at radius 1 is 1.08 bits per heavy atom. The van der Waals surface area contributed by atoms with Gasteiger partial charge in [0.15, 0.2) is 0 Å². The maximum absolute atomic E-state index is 14.7. The predicted molar refractivity (Wildman–Crippen MR) is 156 cm³/mol. The van der Waals surface area contributed by atoms with Crippen molar-refractivity contribution < 1.29 is 13.2 Å². The third-order valence-corrected chi connectivity index (χ3v) is 10.5. The molecular weight excluding hydrogens is 492 g/mol. The van der Waals surface area contributed by atoms with Gasteiger partial charge < -0.3 is 4.74 Å². The van der Waals surface area contributed by atoms with E-state index in [9.17, 15) is 8.42 Å². The molecule has 6 heteroatoms. The number of benzene rings is 2. The van der Waals surface area contributed by atoms with Crippen LogP contribution in [0, 0.1) is 0 Å². The Kier molecular flexibility index (Phi) is 6.90. The van der Waals surface area contributed by atoms with E-state index < -0.39 is 15.6 Å². The van der Waals surface area contributed by atoms with Crippen LogP contribution in [-0.4, -0.2) is 43.0 Å². The lowest BCUT2D eigenvalue weighted by molar-refractivity contribution is -0.124. The average Bonchev–Trinajstić information content (AvgIpc) is 3.28. The Morgan fingerprint density at radius 3 is 2.29 bits per heavy atom. The molecule has 2 aromatic carbocycles. The van der Waals surface area contributed by atoms with Gasteiger partial charge in [0.05, 0.1) is 23.1 Å². The summed E-state index contributed by atoms with van der Waals surface area (Å²) < 4.78 is 37.5. The van der Waals surface area contributed by atoms with Gasteiger partial charge in [-0.05, 0) is 64.6 Å². The number of nitrogens with zero attached hydrogens (tertiary/aromatic N) is 2. The Balaban J connectivity index is 1.80. The first-order valence-electron chi connectivity index (χ1n) is 14.1. The zero-order valence-electron chi connectivity index (χ0n) is 23.9. The number of ether oxygens (including phenoxy) is 1. The lowest BCUT2D eigenvalue weighted by Crippen LogP contribution is -2.59. The van der Waals surface area contributed by atoms with Gasteiger partial charge in [-0.2, -0.15) is 0 Å². The first-order valence-corrected chi connectivity index (χ1v) is 15.5. The molecule has 0 N–H and O–H groups in total. The molecule has 5 rings (SSSR count). The van der Waals surface area contributed by atoms with Crippen molar-refractivity contribution in [1.29, 1.82) is 0 Å². The lowest BCUT2D eigenvalue weighted by atomic mass is 9.74. The number of hydrogen-bond acceptors (Lipinski definition) is 4. The van der Waals surface area contributed by atoms with Crippen molar-refractivity contribution in [2.24, 2.45) is 0 Å². The van der Waals surface area contributed by atoms with E-state index in [2.05, 4.69) is 78.1 Å². The molecular formula is C32H42N2O3S. The largest absolute Gasteiger partial charge is 0.363 e. The van der Waals surface area contributed by atoms with E-state index in [1.807, 2.05) is 24.4 Å². The van der Waals surface area contributed by atoms with Crippen molar-refractivity contribution in [3.8, 4) is 0 Å². The highest BCUT2D eigenvalue weighted by Gasteiger charge is 2.49. The Morgan fingerprint density at radius 2 is 1.74 bits per heavy atom. The van der Waals surface area contributed by atoms with E-state index >= 15 is 0 Å². The molecule has 0 amide bonds. The fourth-order valence-electron chi connectivity index (χ4n) is 6.59. The highest BCUT2D eigenvalue weighted by Crippen LogP contribution is 2.48. The summed E-state index contributed by atoms with van der Waals surface area (Å²) in [4.78, 5) is 2.90. The van der Waals surface area contributed by atoms with Gasteiger partial charge in [0.1, 0.15) is 5.60 Å². The van der Waals surface area contributed by atoms with E-state index in [1.165, 1.54) is 5.56 Å². The van der Waals surface area contributed by atoms with Gasteiger partial charge in [-0.15, -0.1) is 0 Å². The molecule has 0 bridgehead atoms. The zero-order chi connectivity index (χ0) is 27.6. The molecule has 1 saturated heterocycles. The molecule has 0 unspecified atom stereocenters. The van der Waals surface area contributed by atoms with Crippen molar-refractivity contribution in [3.63, 3.8) is 0 Å².